The molecule has 5 aromatic rings. The SMILES string of the molecule is COc1ccc(Sc2ccc(OC(=O)Oc3ccc(C4(c5ccc(OC(=O)Oc6cc(OC(C)=O)cc(OC(C)=O)c6)cc5)CCCCC4)cc3)c(C)c2)cc1C. The number of hydrogen-bond acceptors (Lipinski definition) is 12. The predicted molar refractivity (Wildman–Crippen MR) is 212 cm³/mol. The van der Waals surface area contributed by atoms with Crippen LogP contribution in [0.3, 0.4) is 0 Å². The summed E-state index contributed by atoms with van der Waals surface area (Å²) < 4.78 is 37.4. The number of methoxy groups -OCH3 is 1. The second-order valence-corrected chi connectivity index (χ2v) is 14.7. The molecule has 11 nitrogen and oxygen atoms in total. The highest BCUT2D eigenvalue weighted by Crippen LogP contribution is 2.46. The normalized spacial score (nSPS) is 13.1. The van der Waals surface area contributed by atoms with Crippen molar-refractivity contribution < 1.29 is 52.3 Å². The van der Waals surface area contributed by atoms with Crippen molar-refractivity contribution in [3.05, 3.63) is 125 Å². The number of rotatable bonds is 11. The van der Waals surface area contributed by atoms with Crippen molar-refractivity contribution in [2.75, 3.05) is 7.11 Å². The van der Waals surface area contributed by atoms with Gasteiger partial charge >= 0.3 is 24.2 Å². The van der Waals surface area contributed by atoms with E-state index < -0.39 is 24.2 Å². The first-order valence-electron chi connectivity index (χ1n) is 18.3. The molecular formula is C45H42O11S. The van der Waals surface area contributed by atoms with Gasteiger partial charge in [0.2, 0.25) is 0 Å². The molecule has 0 unspecified atom stereocenters. The minimum absolute atomic E-state index is 0.0262. The Morgan fingerprint density at radius 1 is 0.491 bits per heavy atom. The molecule has 0 heterocycles. The molecule has 0 amide bonds. The van der Waals surface area contributed by atoms with Gasteiger partial charge in [0.15, 0.2) is 0 Å². The smallest absolute Gasteiger partial charge is 0.496 e. The Morgan fingerprint density at radius 2 is 0.912 bits per heavy atom. The summed E-state index contributed by atoms with van der Waals surface area (Å²) >= 11 is 1.61. The second-order valence-electron chi connectivity index (χ2n) is 13.6. The molecule has 0 atom stereocenters. The van der Waals surface area contributed by atoms with Crippen LogP contribution in [0.5, 0.6) is 40.2 Å². The van der Waals surface area contributed by atoms with Gasteiger partial charge in [-0.15, -0.1) is 0 Å². The number of carbonyl (C=O) groups excluding carboxylic acids is 4. The molecular weight excluding hydrogens is 749 g/mol. The Balaban J connectivity index is 1.09. The van der Waals surface area contributed by atoms with Crippen LogP contribution >= 0.6 is 11.8 Å². The van der Waals surface area contributed by atoms with Crippen LogP contribution in [0.15, 0.2) is 113 Å². The Bertz CT molecular complexity index is 2220. The zero-order valence-corrected chi connectivity index (χ0v) is 33.1. The minimum Gasteiger partial charge on any atom is -0.496 e. The predicted octanol–water partition coefficient (Wildman–Crippen LogP) is 10.7. The molecule has 0 aromatic heterocycles. The van der Waals surface area contributed by atoms with Gasteiger partial charge < -0.3 is 33.2 Å². The zero-order chi connectivity index (χ0) is 40.5. The van der Waals surface area contributed by atoms with Crippen molar-refractivity contribution in [1.29, 1.82) is 0 Å². The van der Waals surface area contributed by atoms with Crippen molar-refractivity contribution in [3.63, 3.8) is 0 Å². The summed E-state index contributed by atoms with van der Waals surface area (Å²) in [5, 5.41) is 0. The van der Waals surface area contributed by atoms with Crippen molar-refractivity contribution in [1.82, 2.24) is 0 Å². The van der Waals surface area contributed by atoms with Crippen LogP contribution in [-0.2, 0) is 15.0 Å². The van der Waals surface area contributed by atoms with E-state index >= 15 is 0 Å². The molecule has 0 bridgehead atoms. The van der Waals surface area contributed by atoms with E-state index in [9.17, 15) is 19.2 Å². The highest BCUT2D eigenvalue weighted by molar-refractivity contribution is 7.99. The minimum atomic E-state index is -1.04. The van der Waals surface area contributed by atoms with E-state index in [1.165, 1.54) is 32.0 Å². The van der Waals surface area contributed by atoms with Crippen LogP contribution in [0.1, 0.15) is 68.2 Å². The average molecular weight is 791 g/mol. The number of ether oxygens (including phenoxy) is 7. The highest BCUT2D eigenvalue weighted by atomic mass is 32.2. The molecule has 0 saturated heterocycles. The summed E-state index contributed by atoms with van der Waals surface area (Å²) in [5.74, 6) is 0.658. The second kappa shape index (κ2) is 18.1. The summed E-state index contributed by atoms with van der Waals surface area (Å²) in [5.41, 5.74) is 3.67. The lowest BCUT2D eigenvalue weighted by atomic mass is 9.65. The molecule has 57 heavy (non-hydrogen) atoms. The van der Waals surface area contributed by atoms with Crippen molar-refractivity contribution in [2.45, 2.75) is 75.0 Å². The molecule has 0 radical (unpaired) electrons. The highest BCUT2D eigenvalue weighted by Gasteiger charge is 2.36. The number of esters is 2. The number of carbonyl (C=O) groups is 4. The molecule has 1 saturated carbocycles. The molecule has 1 aliphatic rings. The maximum absolute atomic E-state index is 12.9. The summed E-state index contributed by atoms with van der Waals surface area (Å²) in [6.07, 6.45) is 3.14. The van der Waals surface area contributed by atoms with Crippen LogP contribution in [-0.4, -0.2) is 31.4 Å². The fourth-order valence-electron chi connectivity index (χ4n) is 6.91. The first kappa shape index (κ1) is 40.4. The number of hydrogen-bond donors (Lipinski definition) is 0. The van der Waals surface area contributed by atoms with Gasteiger partial charge in [0.05, 0.1) is 7.11 Å². The molecule has 0 spiro atoms. The number of benzene rings is 5. The summed E-state index contributed by atoms with van der Waals surface area (Å²) in [4.78, 5) is 50.6. The third-order valence-corrected chi connectivity index (χ3v) is 10.4. The lowest BCUT2D eigenvalue weighted by Crippen LogP contribution is -2.30. The molecule has 12 heteroatoms. The topological polar surface area (TPSA) is 133 Å². The van der Waals surface area contributed by atoms with Gasteiger partial charge in [-0.1, -0.05) is 55.3 Å². The largest absolute Gasteiger partial charge is 0.519 e. The van der Waals surface area contributed by atoms with Crippen molar-refractivity contribution in [3.8, 4) is 40.2 Å². The standard InChI is InChI=1S/C45H42O11S/c1-28-23-39(17-19-41(28)50-5)57-40-18-20-42(29(2)24-40)56-44(49)54-35-15-11-33(12-16-35)45(21-7-6-8-22-45)32-9-13-34(14-10-32)53-43(48)55-38-26-36(51-30(3)46)25-37(27-38)52-31(4)47/h9-20,23-27H,6-8,21-22H2,1-5H3. The monoisotopic (exact) mass is 790 g/mol. The fourth-order valence-corrected chi connectivity index (χ4v) is 7.92. The quantitative estimate of drug-likeness (QED) is 0.0716. The molecule has 6 rings (SSSR count). The summed E-state index contributed by atoms with van der Waals surface area (Å²) in [7, 11) is 1.65. The maximum atomic E-state index is 12.9. The molecule has 5 aromatic carbocycles. The van der Waals surface area contributed by atoms with Crippen molar-refractivity contribution in [2.24, 2.45) is 0 Å². The Hall–Kier alpha value is -6.27. The molecule has 0 aliphatic heterocycles. The summed E-state index contributed by atoms with van der Waals surface area (Å²) in [6, 6.07) is 30.3. The number of aryl methyl sites for hydroxylation is 2. The van der Waals surface area contributed by atoms with Gasteiger partial charge in [0.25, 0.3) is 0 Å². The fraction of sp³-hybridized carbons (Fsp3) is 0.244. The zero-order valence-electron chi connectivity index (χ0n) is 32.2. The molecule has 1 fully saturated rings. The van der Waals surface area contributed by atoms with Crippen LogP contribution < -0.4 is 33.2 Å². The van der Waals surface area contributed by atoms with E-state index in [-0.39, 0.29) is 28.4 Å². The van der Waals surface area contributed by atoms with E-state index in [4.69, 9.17) is 33.2 Å². The molecule has 1 aliphatic carbocycles. The van der Waals surface area contributed by atoms with Crippen LogP contribution in [0.4, 0.5) is 9.59 Å². The van der Waals surface area contributed by atoms with E-state index in [1.807, 2.05) is 62.4 Å². The van der Waals surface area contributed by atoms with E-state index in [2.05, 4.69) is 6.07 Å². The van der Waals surface area contributed by atoms with Gasteiger partial charge in [-0.3, -0.25) is 9.59 Å². The molecule has 0 N–H and O–H groups in total. The Morgan fingerprint density at radius 3 is 1.35 bits per heavy atom. The van der Waals surface area contributed by atoms with Gasteiger partial charge in [-0.05, 0) is 110 Å². The lowest BCUT2D eigenvalue weighted by molar-refractivity contribution is -0.132. The van der Waals surface area contributed by atoms with Crippen LogP contribution in [0, 0.1) is 13.8 Å². The summed E-state index contributed by atoms with van der Waals surface area (Å²) in [6.45, 7) is 6.31. The first-order chi connectivity index (χ1) is 27.4. The van der Waals surface area contributed by atoms with Gasteiger partial charge in [0.1, 0.15) is 40.2 Å². The van der Waals surface area contributed by atoms with Crippen molar-refractivity contribution >= 4 is 36.0 Å². The third-order valence-electron chi connectivity index (χ3n) is 9.44. The van der Waals surface area contributed by atoms with E-state index in [0.717, 1.165) is 69.9 Å². The average Bonchev–Trinajstić information content (AvgIpc) is 3.16. The van der Waals surface area contributed by atoms with Crippen LogP contribution in [0.25, 0.3) is 0 Å². The first-order valence-corrected chi connectivity index (χ1v) is 19.2. The van der Waals surface area contributed by atoms with E-state index in [0.29, 0.717) is 11.5 Å². The van der Waals surface area contributed by atoms with Gasteiger partial charge in [-0.2, -0.15) is 0 Å². The third kappa shape index (κ3) is 10.5. The Kier molecular flexibility index (Phi) is 12.8. The Labute approximate surface area is 335 Å². The van der Waals surface area contributed by atoms with Gasteiger partial charge in [0, 0.05) is 47.3 Å². The maximum Gasteiger partial charge on any atom is 0.519 e. The van der Waals surface area contributed by atoms with Crippen LogP contribution in [0.2, 0.25) is 0 Å². The van der Waals surface area contributed by atoms with Gasteiger partial charge in [-0.25, -0.2) is 9.59 Å². The lowest BCUT2D eigenvalue weighted by Gasteiger charge is -2.38. The van der Waals surface area contributed by atoms with E-state index in [1.54, 1.807) is 49.2 Å². The molecule has 294 valence electrons.